The van der Waals surface area contributed by atoms with Crippen LogP contribution in [0.4, 0.5) is 14.5 Å². The molecule has 0 aromatic heterocycles. The lowest BCUT2D eigenvalue weighted by Gasteiger charge is -2.10. The van der Waals surface area contributed by atoms with Crippen molar-refractivity contribution in [3.8, 4) is 0 Å². The lowest BCUT2D eigenvalue weighted by atomic mass is 10.0. The minimum Gasteiger partial charge on any atom is -0.376 e. The van der Waals surface area contributed by atoms with Crippen LogP contribution < -0.4 is 5.32 Å². The Kier molecular flexibility index (Phi) is 4.72. The van der Waals surface area contributed by atoms with Gasteiger partial charge in [-0.15, -0.1) is 0 Å². The summed E-state index contributed by atoms with van der Waals surface area (Å²) in [6.07, 6.45) is 1.04. The second kappa shape index (κ2) is 6.51. The van der Waals surface area contributed by atoms with Gasteiger partial charge in [0.15, 0.2) is 0 Å². The fraction of sp³-hybridized carbons (Fsp3) is 0.294. The fourth-order valence-electron chi connectivity index (χ4n) is 2.12. The number of halogens is 2. The van der Waals surface area contributed by atoms with Crippen molar-refractivity contribution < 1.29 is 8.78 Å². The lowest BCUT2D eigenvalue weighted by molar-refractivity contribution is 0.588. The Balaban J connectivity index is 2.00. The van der Waals surface area contributed by atoms with E-state index in [1.165, 1.54) is 23.8 Å². The molecular weight excluding hydrogens is 256 g/mol. The molecule has 3 heteroatoms. The monoisotopic (exact) mass is 275 g/mol. The molecule has 2 aromatic carbocycles. The third kappa shape index (κ3) is 3.80. The summed E-state index contributed by atoms with van der Waals surface area (Å²) in [6, 6.07) is 12.0. The molecule has 0 aliphatic carbocycles. The quantitative estimate of drug-likeness (QED) is 0.828. The van der Waals surface area contributed by atoms with Gasteiger partial charge in [-0.1, -0.05) is 44.2 Å². The van der Waals surface area contributed by atoms with E-state index in [9.17, 15) is 8.78 Å². The molecular formula is C17H19F2N. The largest absolute Gasteiger partial charge is 0.376 e. The summed E-state index contributed by atoms with van der Waals surface area (Å²) in [5, 5.41) is 2.81. The number of para-hydroxylation sites is 1. The van der Waals surface area contributed by atoms with Crippen LogP contribution in [0, 0.1) is 17.6 Å². The smallest absolute Gasteiger partial charge is 0.149 e. The van der Waals surface area contributed by atoms with Crippen LogP contribution in [0.1, 0.15) is 25.0 Å². The lowest BCUT2D eigenvalue weighted by Crippen LogP contribution is -2.04. The van der Waals surface area contributed by atoms with E-state index >= 15 is 0 Å². The van der Waals surface area contributed by atoms with Crippen molar-refractivity contribution in [2.24, 2.45) is 5.92 Å². The first kappa shape index (κ1) is 14.5. The van der Waals surface area contributed by atoms with Crippen molar-refractivity contribution in [2.45, 2.75) is 26.8 Å². The average Bonchev–Trinajstić information content (AvgIpc) is 2.39. The van der Waals surface area contributed by atoms with Crippen LogP contribution >= 0.6 is 0 Å². The molecule has 0 spiro atoms. The minimum absolute atomic E-state index is 0.0706. The maximum absolute atomic E-state index is 13.5. The highest BCUT2D eigenvalue weighted by molar-refractivity contribution is 5.46. The summed E-state index contributed by atoms with van der Waals surface area (Å²) in [6.45, 7) is 4.76. The Bertz CT molecular complexity index is 541. The summed E-state index contributed by atoms with van der Waals surface area (Å²) < 4.78 is 26.9. The summed E-state index contributed by atoms with van der Waals surface area (Å²) in [4.78, 5) is 0. The van der Waals surface area contributed by atoms with E-state index in [2.05, 4.69) is 31.3 Å². The number of nitrogens with one attached hydrogen (secondary N) is 1. The summed E-state index contributed by atoms with van der Waals surface area (Å²) >= 11 is 0. The number of benzene rings is 2. The molecule has 0 aliphatic rings. The SMILES string of the molecule is CC(C)Cc1ccc(CNc2c(F)cccc2F)cc1. The van der Waals surface area contributed by atoms with Gasteiger partial charge in [0.2, 0.25) is 0 Å². The molecule has 2 rings (SSSR count). The molecule has 0 radical (unpaired) electrons. The van der Waals surface area contributed by atoms with Gasteiger partial charge in [-0.25, -0.2) is 8.78 Å². The first-order chi connectivity index (χ1) is 9.56. The second-order valence-electron chi connectivity index (χ2n) is 5.36. The zero-order valence-electron chi connectivity index (χ0n) is 11.8. The first-order valence-corrected chi connectivity index (χ1v) is 6.82. The minimum atomic E-state index is -0.568. The first-order valence-electron chi connectivity index (χ1n) is 6.82. The summed E-state index contributed by atoms with van der Waals surface area (Å²) in [7, 11) is 0. The molecule has 0 amide bonds. The number of rotatable bonds is 5. The fourth-order valence-corrected chi connectivity index (χ4v) is 2.12. The van der Waals surface area contributed by atoms with E-state index in [0.717, 1.165) is 12.0 Å². The molecule has 0 atom stereocenters. The highest BCUT2D eigenvalue weighted by atomic mass is 19.1. The van der Waals surface area contributed by atoms with Crippen molar-refractivity contribution in [1.82, 2.24) is 0 Å². The van der Waals surface area contributed by atoms with Gasteiger partial charge in [0.25, 0.3) is 0 Å². The van der Waals surface area contributed by atoms with Crippen molar-refractivity contribution in [1.29, 1.82) is 0 Å². The molecule has 20 heavy (non-hydrogen) atoms. The Morgan fingerprint density at radius 2 is 1.45 bits per heavy atom. The van der Waals surface area contributed by atoms with Gasteiger partial charge in [0.05, 0.1) is 0 Å². The van der Waals surface area contributed by atoms with E-state index in [1.54, 1.807) is 0 Å². The molecule has 0 fully saturated rings. The van der Waals surface area contributed by atoms with Crippen LogP contribution in [0.15, 0.2) is 42.5 Å². The standard InChI is InChI=1S/C17H19F2N/c1-12(2)10-13-6-8-14(9-7-13)11-20-17-15(18)4-3-5-16(17)19/h3-9,12,20H,10-11H2,1-2H3. The van der Waals surface area contributed by atoms with Crippen molar-refractivity contribution in [3.05, 3.63) is 65.2 Å². The van der Waals surface area contributed by atoms with Crippen LogP contribution in [0.5, 0.6) is 0 Å². The second-order valence-corrected chi connectivity index (χ2v) is 5.36. The van der Waals surface area contributed by atoms with Crippen molar-refractivity contribution in [3.63, 3.8) is 0 Å². The molecule has 1 nitrogen and oxygen atoms in total. The van der Waals surface area contributed by atoms with Crippen molar-refractivity contribution >= 4 is 5.69 Å². The Hall–Kier alpha value is -1.90. The number of anilines is 1. The van der Waals surface area contributed by atoms with Gasteiger partial charge in [0.1, 0.15) is 17.3 Å². The Morgan fingerprint density at radius 3 is 2.00 bits per heavy atom. The van der Waals surface area contributed by atoms with Gasteiger partial charge in [-0.3, -0.25) is 0 Å². The van der Waals surface area contributed by atoms with Gasteiger partial charge >= 0.3 is 0 Å². The molecule has 0 heterocycles. The van der Waals surface area contributed by atoms with E-state index < -0.39 is 11.6 Å². The van der Waals surface area contributed by atoms with E-state index in [1.807, 2.05) is 12.1 Å². The van der Waals surface area contributed by atoms with Crippen LogP contribution in [-0.4, -0.2) is 0 Å². The summed E-state index contributed by atoms with van der Waals surface area (Å²) in [5.74, 6) is -0.519. The van der Waals surface area contributed by atoms with Gasteiger partial charge < -0.3 is 5.32 Å². The molecule has 0 unspecified atom stereocenters. The predicted molar refractivity (Wildman–Crippen MR) is 78.7 cm³/mol. The van der Waals surface area contributed by atoms with E-state index in [0.29, 0.717) is 12.5 Å². The van der Waals surface area contributed by atoms with Crippen LogP contribution in [0.3, 0.4) is 0 Å². The number of hydrogen-bond acceptors (Lipinski definition) is 1. The predicted octanol–water partition coefficient (Wildman–Crippen LogP) is 4.78. The molecule has 106 valence electrons. The number of hydrogen-bond donors (Lipinski definition) is 1. The Morgan fingerprint density at radius 1 is 0.900 bits per heavy atom. The van der Waals surface area contributed by atoms with Gasteiger partial charge in [-0.2, -0.15) is 0 Å². The maximum Gasteiger partial charge on any atom is 0.149 e. The third-order valence-electron chi connectivity index (χ3n) is 3.10. The molecule has 2 aromatic rings. The zero-order valence-corrected chi connectivity index (χ0v) is 11.8. The highest BCUT2D eigenvalue weighted by Gasteiger charge is 2.07. The topological polar surface area (TPSA) is 12.0 Å². The van der Waals surface area contributed by atoms with Crippen LogP contribution in [0.25, 0.3) is 0 Å². The van der Waals surface area contributed by atoms with Crippen molar-refractivity contribution in [2.75, 3.05) is 5.32 Å². The average molecular weight is 275 g/mol. The maximum atomic E-state index is 13.5. The molecule has 0 bridgehead atoms. The molecule has 1 N–H and O–H groups in total. The van der Waals surface area contributed by atoms with E-state index in [4.69, 9.17) is 0 Å². The van der Waals surface area contributed by atoms with Gasteiger partial charge in [-0.05, 0) is 35.6 Å². The normalized spacial score (nSPS) is 10.8. The summed E-state index contributed by atoms with van der Waals surface area (Å²) in [5.41, 5.74) is 2.21. The molecule has 0 aliphatic heterocycles. The van der Waals surface area contributed by atoms with Crippen LogP contribution in [0.2, 0.25) is 0 Å². The molecule has 0 saturated heterocycles. The zero-order chi connectivity index (χ0) is 14.5. The highest BCUT2D eigenvalue weighted by Crippen LogP contribution is 2.19. The molecule has 0 saturated carbocycles. The van der Waals surface area contributed by atoms with E-state index in [-0.39, 0.29) is 5.69 Å². The Labute approximate surface area is 118 Å². The third-order valence-corrected chi connectivity index (χ3v) is 3.10. The van der Waals surface area contributed by atoms with Gasteiger partial charge in [0, 0.05) is 6.54 Å². The van der Waals surface area contributed by atoms with Crippen LogP contribution in [-0.2, 0) is 13.0 Å².